The smallest absolute Gasteiger partial charge is 0.191 e. The number of nitrogens with one attached hydrogen (secondary N) is 1. The first kappa shape index (κ1) is 8.30. The van der Waals surface area contributed by atoms with E-state index in [1.807, 2.05) is 0 Å². The molecule has 0 unspecified atom stereocenters. The molecule has 3 nitrogen and oxygen atoms in total. The van der Waals surface area contributed by atoms with Gasteiger partial charge in [-0.25, -0.2) is 0 Å². The zero-order valence-electron chi connectivity index (χ0n) is 6.41. The minimum absolute atomic E-state index is 0.570. The van der Waals surface area contributed by atoms with Gasteiger partial charge in [-0.3, -0.25) is 0 Å². The SMILES string of the molecule is C#Cc1nnc(-c2cc(Cl)c[nH]2)s1. The normalized spacial score (nSPS) is 9.85. The van der Waals surface area contributed by atoms with Crippen LogP contribution in [0.15, 0.2) is 12.3 Å². The summed E-state index contributed by atoms with van der Waals surface area (Å²) >= 11 is 7.09. The molecule has 0 atom stereocenters. The molecule has 0 amide bonds. The summed E-state index contributed by atoms with van der Waals surface area (Å²) in [6.07, 6.45) is 6.86. The number of aromatic nitrogens is 3. The molecule has 0 aliphatic carbocycles. The Kier molecular flexibility index (Phi) is 2.05. The summed E-state index contributed by atoms with van der Waals surface area (Å²) < 4.78 is 0. The van der Waals surface area contributed by atoms with Crippen LogP contribution in [-0.2, 0) is 0 Å². The van der Waals surface area contributed by atoms with Crippen molar-refractivity contribution in [3.05, 3.63) is 22.3 Å². The minimum Gasteiger partial charge on any atom is -0.358 e. The number of nitrogens with zero attached hydrogens (tertiary/aromatic N) is 2. The number of halogens is 1. The average molecular weight is 210 g/mol. The molecule has 0 saturated carbocycles. The van der Waals surface area contributed by atoms with E-state index in [0.29, 0.717) is 10.0 Å². The lowest BCUT2D eigenvalue weighted by Gasteiger charge is -1.83. The van der Waals surface area contributed by atoms with Gasteiger partial charge in [-0.15, -0.1) is 16.6 Å². The van der Waals surface area contributed by atoms with Gasteiger partial charge in [0, 0.05) is 6.20 Å². The number of aromatic amines is 1. The van der Waals surface area contributed by atoms with E-state index in [0.717, 1.165) is 10.7 Å². The quantitative estimate of drug-likeness (QED) is 0.732. The molecule has 5 heteroatoms. The lowest BCUT2D eigenvalue weighted by molar-refractivity contribution is 1.08. The number of terminal acetylenes is 1. The Labute approximate surface area is 83.8 Å². The molecule has 2 aromatic heterocycles. The summed E-state index contributed by atoms with van der Waals surface area (Å²) in [4.78, 5) is 2.97. The van der Waals surface area contributed by atoms with Crippen molar-refractivity contribution >= 4 is 22.9 Å². The summed E-state index contributed by atoms with van der Waals surface area (Å²) in [6, 6.07) is 1.78. The second kappa shape index (κ2) is 3.21. The summed E-state index contributed by atoms with van der Waals surface area (Å²) in [5.74, 6) is 2.42. The van der Waals surface area contributed by atoms with Crippen LogP contribution in [0.5, 0.6) is 0 Å². The van der Waals surface area contributed by atoms with E-state index in [1.165, 1.54) is 11.3 Å². The van der Waals surface area contributed by atoms with E-state index in [2.05, 4.69) is 21.1 Å². The largest absolute Gasteiger partial charge is 0.358 e. The Morgan fingerprint density at radius 1 is 1.54 bits per heavy atom. The van der Waals surface area contributed by atoms with Crippen molar-refractivity contribution in [2.24, 2.45) is 0 Å². The fourth-order valence-corrected chi connectivity index (χ4v) is 1.68. The molecule has 0 aliphatic rings. The molecule has 1 N–H and O–H groups in total. The highest BCUT2D eigenvalue weighted by molar-refractivity contribution is 7.15. The molecular formula is C8H4ClN3S. The highest BCUT2D eigenvalue weighted by Gasteiger charge is 2.06. The van der Waals surface area contributed by atoms with Gasteiger partial charge in [0.1, 0.15) is 0 Å². The molecule has 2 rings (SSSR count). The van der Waals surface area contributed by atoms with Gasteiger partial charge in [0.15, 0.2) is 10.0 Å². The molecule has 0 fully saturated rings. The number of rotatable bonds is 1. The lowest BCUT2D eigenvalue weighted by atomic mass is 10.5. The summed E-state index contributed by atoms with van der Waals surface area (Å²) in [5.41, 5.74) is 0.837. The molecule has 0 aromatic carbocycles. The standard InChI is InChI=1S/C8H4ClN3S/c1-2-7-11-12-8(13-7)6-3-5(9)4-10-6/h1,3-4,10H. The Morgan fingerprint density at radius 2 is 2.38 bits per heavy atom. The van der Waals surface area contributed by atoms with E-state index in [9.17, 15) is 0 Å². The van der Waals surface area contributed by atoms with Gasteiger partial charge in [-0.2, -0.15) is 0 Å². The molecule has 2 aromatic rings. The molecule has 64 valence electrons. The fraction of sp³-hybridized carbons (Fsp3) is 0. The van der Waals surface area contributed by atoms with Gasteiger partial charge in [0.05, 0.1) is 10.7 Å². The van der Waals surface area contributed by atoms with Crippen molar-refractivity contribution in [3.63, 3.8) is 0 Å². The van der Waals surface area contributed by atoms with Crippen molar-refractivity contribution < 1.29 is 0 Å². The van der Waals surface area contributed by atoms with E-state index < -0.39 is 0 Å². The predicted molar refractivity (Wildman–Crippen MR) is 52.6 cm³/mol. The molecule has 0 spiro atoms. The summed E-state index contributed by atoms with van der Waals surface area (Å²) in [6.45, 7) is 0. The Hall–Kier alpha value is -1.31. The Bertz CT molecular complexity index is 466. The van der Waals surface area contributed by atoms with Crippen molar-refractivity contribution in [3.8, 4) is 23.0 Å². The number of H-pyrrole nitrogens is 1. The van der Waals surface area contributed by atoms with E-state index in [4.69, 9.17) is 18.0 Å². The van der Waals surface area contributed by atoms with Gasteiger partial charge in [-0.05, 0) is 12.0 Å². The molecule has 0 aliphatic heterocycles. The summed E-state index contributed by atoms with van der Waals surface area (Å²) in [5, 5.41) is 9.66. The van der Waals surface area contributed by atoms with Crippen molar-refractivity contribution in [2.45, 2.75) is 0 Å². The molecule has 0 radical (unpaired) electrons. The number of hydrogen-bond donors (Lipinski definition) is 1. The first-order valence-corrected chi connectivity index (χ1v) is 4.63. The van der Waals surface area contributed by atoms with Crippen LogP contribution in [0.2, 0.25) is 5.02 Å². The maximum absolute atomic E-state index is 5.74. The zero-order chi connectivity index (χ0) is 9.26. The van der Waals surface area contributed by atoms with E-state index in [-0.39, 0.29) is 0 Å². The van der Waals surface area contributed by atoms with Crippen molar-refractivity contribution in [1.82, 2.24) is 15.2 Å². The third-order valence-electron chi connectivity index (χ3n) is 1.43. The van der Waals surface area contributed by atoms with Gasteiger partial charge in [0.25, 0.3) is 0 Å². The maximum atomic E-state index is 5.74. The van der Waals surface area contributed by atoms with Crippen LogP contribution in [0.1, 0.15) is 5.01 Å². The van der Waals surface area contributed by atoms with Gasteiger partial charge in [0.2, 0.25) is 0 Å². The first-order valence-electron chi connectivity index (χ1n) is 3.44. The van der Waals surface area contributed by atoms with Crippen LogP contribution in [0.25, 0.3) is 10.7 Å². The third kappa shape index (κ3) is 1.57. The zero-order valence-corrected chi connectivity index (χ0v) is 7.99. The van der Waals surface area contributed by atoms with Crippen LogP contribution in [0.3, 0.4) is 0 Å². The molecular weight excluding hydrogens is 206 g/mol. The van der Waals surface area contributed by atoms with Gasteiger partial charge >= 0.3 is 0 Å². The van der Waals surface area contributed by atoms with Crippen LogP contribution in [0, 0.1) is 12.3 Å². The predicted octanol–water partition coefficient (Wildman–Crippen LogP) is 2.17. The van der Waals surface area contributed by atoms with Crippen LogP contribution in [0.4, 0.5) is 0 Å². The average Bonchev–Trinajstić information content (AvgIpc) is 2.71. The minimum atomic E-state index is 0.570. The third-order valence-corrected chi connectivity index (χ3v) is 2.53. The molecule has 0 saturated heterocycles. The molecule has 2 heterocycles. The van der Waals surface area contributed by atoms with Crippen molar-refractivity contribution in [1.29, 1.82) is 0 Å². The van der Waals surface area contributed by atoms with Crippen LogP contribution >= 0.6 is 22.9 Å². The van der Waals surface area contributed by atoms with Gasteiger partial charge < -0.3 is 4.98 Å². The van der Waals surface area contributed by atoms with Crippen molar-refractivity contribution in [2.75, 3.05) is 0 Å². The molecule has 13 heavy (non-hydrogen) atoms. The van der Waals surface area contributed by atoms with Crippen LogP contribution in [-0.4, -0.2) is 15.2 Å². The highest BCUT2D eigenvalue weighted by atomic mass is 35.5. The molecule has 0 bridgehead atoms. The number of hydrogen-bond acceptors (Lipinski definition) is 3. The second-order valence-corrected chi connectivity index (χ2v) is 3.70. The second-order valence-electron chi connectivity index (χ2n) is 2.29. The maximum Gasteiger partial charge on any atom is 0.191 e. The van der Waals surface area contributed by atoms with Gasteiger partial charge in [-0.1, -0.05) is 22.9 Å². The van der Waals surface area contributed by atoms with Crippen LogP contribution < -0.4 is 0 Å². The first-order chi connectivity index (χ1) is 6.29. The van der Waals surface area contributed by atoms with E-state index in [1.54, 1.807) is 12.3 Å². The topological polar surface area (TPSA) is 41.6 Å². The lowest BCUT2D eigenvalue weighted by Crippen LogP contribution is -1.74. The Morgan fingerprint density at radius 3 is 2.92 bits per heavy atom. The Balaban J connectivity index is 2.42. The summed E-state index contributed by atoms with van der Waals surface area (Å²) in [7, 11) is 0. The highest BCUT2D eigenvalue weighted by Crippen LogP contribution is 2.24. The monoisotopic (exact) mass is 209 g/mol. The fourth-order valence-electron chi connectivity index (χ4n) is 0.882. The van der Waals surface area contributed by atoms with E-state index >= 15 is 0 Å².